The van der Waals surface area contributed by atoms with Gasteiger partial charge in [0, 0.05) is 11.6 Å². The van der Waals surface area contributed by atoms with Gasteiger partial charge >= 0.3 is 6.18 Å². The highest BCUT2D eigenvalue weighted by atomic mass is 19.4. The van der Waals surface area contributed by atoms with Crippen LogP contribution >= 0.6 is 0 Å². The first-order chi connectivity index (χ1) is 9.77. The zero-order valence-corrected chi connectivity index (χ0v) is 11.4. The van der Waals surface area contributed by atoms with Crippen molar-refractivity contribution in [1.29, 1.82) is 0 Å². The number of benzene rings is 1. The number of hydrogen-bond donors (Lipinski definition) is 2. The molecule has 1 aromatic heterocycles. The smallest absolute Gasteiger partial charge is 0.419 e. The van der Waals surface area contributed by atoms with Crippen molar-refractivity contribution in [3.63, 3.8) is 0 Å². The first kappa shape index (κ1) is 15.3. The Bertz CT molecular complexity index is 623. The number of halogens is 3. The molecular formula is C13H14F3N3O2. The predicted octanol–water partition coefficient (Wildman–Crippen LogP) is 2.96. The molecule has 21 heavy (non-hydrogen) atoms. The summed E-state index contributed by atoms with van der Waals surface area (Å²) in [5.41, 5.74) is -1.01. The van der Waals surface area contributed by atoms with E-state index in [0.29, 0.717) is 6.54 Å². The third kappa shape index (κ3) is 3.72. The van der Waals surface area contributed by atoms with E-state index < -0.39 is 17.5 Å². The number of phenolic OH excluding ortho intramolecular Hbond substituents is 1. The van der Waals surface area contributed by atoms with Crippen molar-refractivity contribution < 1.29 is 22.8 Å². The molecule has 0 spiro atoms. The van der Waals surface area contributed by atoms with Gasteiger partial charge in [-0.1, -0.05) is 19.0 Å². The normalized spacial score (nSPS) is 12.1. The number of nitrogens with zero attached hydrogens (tertiary/aromatic N) is 2. The zero-order chi connectivity index (χ0) is 15.6. The second kappa shape index (κ2) is 5.72. The van der Waals surface area contributed by atoms with Gasteiger partial charge in [0.2, 0.25) is 11.7 Å². The van der Waals surface area contributed by atoms with Gasteiger partial charge in [-0.3, -0.25) is 0 Å². The number of hydrogen-bond acceptors (Lipinski definition) is 5. The molecule has 1 heterocycles. The van der Waals surface area contributed by atoms with Crippen molar-refractivity contribution in [2.24, 2.45) is 0 Å². The third-order valence-corrected chi connectivity index (χ3v) is 2.69. The van der Waals surface area contributed by atoms with E-state index in [4.69, 9.17) is 4.52 Å². The van der Waals surface area contributed by atoms with Crippen molar-refractivity contribution in [3.8, 4) is 17.1 Å². The molecule has 0 bridgehead atoms. The Morgan fingerprint density at radius 3 is 2.67 bits per heavy atom. The Hall–Kier alpha value is -2.09. The standard InChI is InChI=1S/C13H14F3N3O2/c1-7(2)17-6-11-18-12(19-21-11)8-3-4-10(20)9(5-8)13(14,15)16/h3-5,7,17,20H,6H2,1-2H3. The summed E-state index contributed by atoms with van der Waals surface area (Å²) in [6, 6.07) is 3.26. The Balaban J connectivity index is 2.26. The first-order valence-electron chi connectivity index (χ1n) is 6.24. The van der Waals surface area contributed by atoms with Gasteiger partial charge < -0.3 is 14.9 Å². The van der Waals surface area contributed by atoms with E-state index >= 15 is 0 Å². The predicted molar refractivity (Wildman–Crippen MR) is 68.4 cm³/mol. The highest BCUT2D eigenvalue weighted by molar-refractivity contribution is 5.58. The lowest BCUT2D eigenvalue weighted by atomic mass is 10.1. The zero-order valence-electron chi connectivity index (χ0n) is 11.4. The largest absolute Gasteiger partial charge is 0.507 e. The number of phenols is 1. The van der Waals surface area contributed by atoms with E-state index in [1.54, 1.807) is 0 Å². The van der Waals surface area contributed by atoms with Gasteiger partial charge in [-0.15, -0.1) is 0 Å². The molecule has 0 aliphatic rings. The topological polar surface area (TPSA) is 71.2 Å². The molecule has 0 fully saturated rings. The Labute approximate surface area is 118 Å². The fraction of sp³-hybridized carbons (Fsp3) is 0.385. The van der Waals surface area contributed by atoms with Crippen LogP contribution in [0.5, 0.6) is 5.75 Å². The van der Waals surface area contributed by atoms with Crippen molar-refractivity contribution in [3.05, 3.63) is 29.7 Å². The second-order valence-corrected chi connectivity index (χ2v) is 4.78. The van der Waals surface area contributed by atoms with Crippen LogP contribution in [0.25, 0.3) is 11.4 Å². The maximum Gasteiger partial charge on any atom is 0.419 e. The van der Waals surface area contributed by atoms with Gasteiger partial charge in [0.15, 0.2) is 0 Å². The van der Waals surface area contributed by atoms with Crippen molar-refractivity contribution in [2.75, 3.05) is 0 Å². The van der Waals surface area contributed by atoms with E-state index in [0.717, 1.165) is 12.1 Å². The minimum absolute atomic E-state index is 0.0426. The Morgan fingerprint density at radius 1 is 1.33 bits per heavy atom. The molecule has 0 saturated carbocycles. The molecule has 8 heteroatoms. The lowest BCUT2D eigenvalue weighted by Gasteiger charge is -2.09. The molecule has 5 nitrogen and oxygen atoms in total. The number of rotatable bonds is 4. The van der Waals surface area contributed by atoms with Crippen LogP contribution < -0.4 is 5.32 Å². The SMILES string of the molecule is CC(C)NCc1nc(-c2ccc(O)c(C(F)(F)F)c2)no1. The molecule has 0 aliphatic heterocycles. The van der Waals surface area contributed by atoms with E-state index in [1.165, 1.54) is 6.07 Å². The second-order valence-electron chi connectivity index (χ2n) is 4.78. The van der Waals surface area contributed by atoms with Crippen LogP contribution in [-0.4, -0.2) is 21.3 Å². The highest BCUT2D eigenvalue weighted by Crippen LogP contribution is 2.37. The van der Waals surface area contributed by atoms with Gasteiger partial charge in [-0.25, -0.2) is 0 Å². The average Bonchev–Trinajstić information content (AvgIpc) is 2.84. The maximum atomic E-state index is 12.7. The molecule has 0 amide bonds. The summed E-state index contributed by atoms with van der Waals surface area (Å²) in [5.74, 6) is -0.516. The molecule has 0 aliphatic carbocycles. The quantitative estimate of drug-likeness (QED) is 0.908. The van der Waals surface area contributed by atoms with E-state index in [1.807, 2.05) is 13.8 Å². The van der Waals surface area contributed by atoms with Gasteiger partial charge in [0.25, 0.3) is 0 Å². The molecule has 114 valence electrons. The Morgan fingerprint density at radius 2 is 2.05 bits per heavy atom. The van der Waals surface area contributed by atoms with E-state index in [-0.39, 0.29) is 23.3 Å². The molecule has 0 atom stereocenters. The monoisotopic (exact) mass is 301 g/mol. The summed E-state index contributed by atoms with van der Waals surface area (Å²) in [7, 11) is 0. The molecule has 0 radical (unpaired) electrons. The molecule has 2 aromatic rings. The molecular weight excluding hydrogens is 287 g/mol. The average molecular weight is 301 g/mol. The Kier molecular flexibility index (Phi) is 4.17. The van der Waals surface area contributed by atoms with Gasteiger partial charge in [0.05, 0.1) is 12.1 Å². The number of aromatic nitrogens is 2. The summed E-state index contributed by atoms with van der Waals surface area (Å²) >= 11 is 0. The van der Waals surface area contributed by atoms with Crippen molar-refractivity contribution in [2.45, 2.75) is 32.6 Å². The third-order valence-electron chi connectivity index (χ3n) is 2.69. The molecule has 2 N–H and O–H groups in total. The van der Waals surface area contributed by atoms with Crippen LogP contribution in [0.2, 0.25) is 0 Å². The van der Waals surface area contributed by atoms with Crippen molar-refractivity contribution in [1.82, 2.24) is 15.5 Å². The van der Waals surface area contributed by atoms with Gasteiger partial charge in [-0.05, 0) is 18.2 Å². The molecule has 2 rings (SSSR count). The highest BCUT2D eigenvalue weighted by Gasteiger charge is 2.34. The lowest BCUT2D eigenvalue weighted by molar-refractivity contribution is -0.138. The number of alkyl halides is 3. The van der Waals surface area contributed by atoms with E-state index in [2.05, 4.69) is 15.5 Å². The number of nitrogens with one attached hydrogen (secondary N) is 1. The van der Waals surface area contributed by atoms with Crippen LogP contribution in [0.15, 0.2) is 22.7 Å². The number of aromatic hydroxyl groups is 1. The minimum atomic E-state index is -4.65. The van der Waals surface area contributed by atoms with Crippen LogP contribution in [-0.2, 0) is 12.7 Å². The summed E-state index contributed by atoms with van der Waals surface area (Å²) in [6.07, 6.45) is -4.65. The van der Waals surface area contributed by atoms with Crippen LogP contribution in [0, 0.1) is 0 Å². The van der Waals surface area contributed by atoms with Crippen LogP contribution in [0.4, 0.5) is 13.2 Å². The molecule has 0 unspecified atom stereocenters. The summed E-state index contributed by atoms with van der Waals surface area (Å²) < 4.78 is 43.1. The minimum Gasteiger partial charge on any atom is -0.507 e. The summed E-state index contributed by atoms with van der Waals surface area (Å²) in [5, 5.41) is 16.0. The summed E-state index contributed by atoms with van der Waals surface area (Å²) in [6.45, 7) is 4.20. The van der Waals surface area contributed by atoms with Gasteiger partial charge in [-0.2, -0.15) is 18.2 Å². The van der Waals surface area contributed by atoms with Crippen LogP contribution in [0.1, 0.15) is 25.3 Å². The molecule has 1 aromatic carbocycles. The first-order valence-corrected chi connectivity index (χ1v) is 6.24. The summed E-state index contributed by atoms with van der Waals surface area (Å²) in [4.78, 5) is 4.02. The fourth-order valence-electron chi connectivity index (χ4n) is 1.64. The van der Waals surface area contributed by atoms with Crippen molar-refractivity contribution >= 4 is 0 Å². The lowest BCUT2D eigenvalue weighted by Crippen LogP contribution is -2.21. The van der Waals surface area contributed by atoms with E-state index in [9.17, 15) is 18.3 Å². The van der Waals surface area contributed by atoms with Crippen LogP contribution in [0.3, 0.4) is 0 Å². The van der Waals surface area contributed by atoms with Gasteiger partial charge in [0.1, 0.15) is 5.75 Å². The fourth-order valence-corrected chi connectivity index (χ4v) is 1.64. The molecule has 0 saturated heterocycles. The maximum absolute atomic E-state index is 12.7.